The van der Waals surface area contributed by atoms with Gasteiger partial charge >= 0.3 is 0 Å². The van der Waals surface area contributed by atoms with Crippen molar-refractivity contribution in [3.8, 4) is 5.75 Å². The largest absolute Gasteiger partial charge is 0.493 e. The number of hydrogen-bond acceptors (Lipinski definition) is 4. The van der Waals surface area contributed by atoms with Crippen molar-refractivity contribution in [2.24, 2.45) is 17.8 Å². The summed E-state index contributed by atoms with van der Waals surface area (Å²) in [4.78, 5) is 0. The van der Waals surface area contributed by atoms with Crippen LogP contribution in [0.3, 0.4) is 0 Å². The fraction of sp³-hybridized carbons (Fsp3) is 0.655. The van der Waals surface area contributed by atoms with Gasteiger partial charge in [0.1, 0.15) is 5.75 Å². The zero-order chi connectivity index (χ0) is 24.2. The minimum atomic E-state index is -0.724. The fourth-order valence-electron chi connectivity index (χ4n) is 5.30. The van der Waals surface area contributed by atoms with E-state index in [9.17, 15) is 15.3 Å². The highest BCUT2D eigenvalue weighted by Gasteiger charge is 2.33. The summed E-state index contributed by atoms with van der Waals surface area (Å²) in [6.07, 6.45) is 8.24. The van der Waals surface area contributed by atoms with Crippen LogP contribution in [0.15, 0.2) is 47.6 Å². The monoisotopic (exact) mass is 456 g/mol. The Balaban J connectivity index is 1.79. The van der Waals surface area contributed by atoms with Crippen molar-refractivity contribution in [1.29, 1.82) is 0 Å². The summed E-state index contributed by atoms with van der Waals surface area (Å²) in [6.45, 7) is 11.1. The molecule has 3 N–H and O–H groups in total. The Morgan fingerprint density at radius 1 is 1.06 bits per heavy atom. The molecule has 0 aromatic heterocycles. The van der Waals surface area contributed by atoms with E-state index in [-0.39, 0.29) is 0 Å². The summed E-state index contributed by atoms with van der Waals surface area (Å²) in [5, 5.41) is 30.0. The van der Waals surface area contributed by atoms with Gasteiger partial charge in [0.15, 0.2) is 0 Å². The molecule has 1 aromatic rings. The lowest BCUT2D eigenvalue weighted by molar-refractivity contribution is 0.0552. The molecule has 33 heavy (non-hydrogen) atoms. The van der Waals surface area contributed by atoms with E-state index in [1.807, 2.05) is 6.07 Å². The van der Waals surface area contributed by atoms with Crippen LogP contribution in [0.25, 0.3) is 0 Å². The maximum absolute atomic E-state index is 10.0. The zero-order valence-corrected chi connectivity index (χ0v) is 21.1. The van der Waals surface area contributed by atoms with Gasteiger partial charge < -0.3 is 20.1 Å². The summed E-state index contributed by atoms with van der Waals surface area (Å²) >= 11 is 0. The molecule has 4 heteroatoms. The Hall–Kier alpha value is -1.62. The van der Waals surface area contributed by atoms with Crippen LogP contribution in [-0.4, -0.2) is 39.7 Å². The third kappa shape index (κ3) is 7.70. The molecule has 3 rings (SSSR count). The highest BCUT2D eigenvalue weighted by atomic mass is 16.5. The van der Waals surface area contributed by atoms with Gasteiger partial charge in [-0.05, 0) is 87.3 Å². The summed E-state index contributed by atoms with van der Waals surface area (Å²) < 4.78 is 5.97. The maximum atomic E-state index is 10.0. The van der Waals surface area contributed by atoms with Gasteiger partial charge in [0.25, 0.3) is 0 Å². The molecular weight excluding hydrogens is 412 g/mol. The molecule has 0 aliphatic heterocycles. The zero-order valence-electron chi connectivity index (χ0n) is 21.1. The van der Waals surface area contributed by atoms with Gasteiger partial charge in [0, 0.05) is 6.42 Å². The van der Waals surface area contributed by atoms with Crippen LogP contribution in [0, 0.1) is 17.8 Å². The predicted octanol–water partition coefficient (Wildman–Crippen LogP) is 5.77. The fourth-order valence-corrected chi connectivity index (χ4v) is 5.30. The molecule has 0 amide bonds. The summed E-state index contributed by atoms with van der Waals surface area (Å²) in [7, 11) is 0. The van der Waals surface area contributed by atoms with Crippen molar-refractivity contribution in [2.75, 3.05) is 6.61 Å². The number of aliphatic hydroxyl groups excluding tert-OH is 2. The Labute approximate surface area is 200 Å². The number of hydrogen-bond donors (Lipinski definition) is 3. The van der Waals surface area contributed by atoms with Gasteiger partial charge in [0.2, 0.25) is 0 Å². The Morgan fingerprint density at radius 2 is 1.76 bits per heavy atom. The van der Waals surface area contributed by atoms with Crippen molar-refractivity contribution in [1.82, 2.24) is 0 Å². The highest BCUT2D eigenvalue weighted by molar-refractivity contribution is 5.34. The average molecular weight is 457 g/mol. The summed E-state index contributed by atoms with van der Waals surface area (Å²) in [5.41, 5.74) is 3.20. The normalized spacial score (nSPS) is 30.0. The van der Waals surface area contributed by atoms with Crippen LogP contribution in [-0.2, 0) is 0 Å². The first-order valence-corrected chi connectivity index (χ1v) is 12.7. The minimum absolute atomic E-state index is 0.418. The number of rotatable bonds is 7. The van der Waals surface area contributed by atoms with Crippen LogP contribution in [0.4, 0.5) is 0 Å². The van der Waals surface area contributed by atoms with Crippen LogP contribution in [0.2, 0.25) is 0 Å². The van der Waals surface area contributed by atoms with Crippen molar-refractivity contribution < 1.29 is 20.1 Å². The molecule has 0 bridgehead atoms. The molecule has 184 valence electrons. The average Bonchev–Trinajstić information content (AvgIpc) is 2.71. The van der Waals surface area contributed by atoms with E-state index in [4.69, 9.17) is 4.74 Å². The topological polar surface area (TPSA) is 69.9 Å². The molecule has 5 atom stereocenters. The van der Waals surface area contributed by atoms with E-state index in [2.05, 4.69) is 51.1 Å². The molecule has 0 saturated heterocycles. The molecule has 2 aliphatic rings. The molecule has 0 heterocycles. The smallest absolute Gasteiger partial charge is 0.119 e. The van der Waals surface area contributed by atoms with Crippen LogP contribution in [0.5, 0.6) is 5.75 Å². The SMILES string of the molecule is CC(C)[C@@H]1C/C(=C\C=C2C[C@@H](O)C[C@H](O)C2)[C@@H](C)[C@H](c2cccc(OCCC(C)(C)O)c2)C1. The molecule has 0 unspecified atom stereocenters. The van der Waals surface area contributed by atoms with E-state index in [0.29, 0.717) is 56.0 Å². The van der Waals surface area contributed by atoms with Gasteiger partial charge in [0.05, 0.1) is 24.4 Å². The maximum Gasteiger partial charge on any atom is 0.119 e. The minimum Gasteiger partial charge on any atom is -0.493 e. The molecule has 4 nitrogen and oxygen atoms in total. The van der Waals surface area contributed by atoms with Gasteiger partial charge in [-0.15, -0.1) is 0 Å². The van der Waals surface area contributed by atoms with E-state index >= 15 is 0 Å². The van der Waals surface area contributed by atoms with Crippen LogP contribution < -0.4 is 4.74 Å². The first-order chi connectivity index (χ1) is 15.5. The van der Waals surface area contributed by atoms with Crippen LogP contribution in [0.1, 0.15) is 84.6 Å². The Bertz CT molecular complexity index is 820. The number of ether oxygens (including phenoxy) is 1. The van der Waals surface area contributed by atoms with Crippen molar-refractivity contribution >= 4 is 0 Å². The van der Waals surface area contributed by atoms with Crippen molar-refractivity contribution in [3.05, 3.63) is 53.1 Å². The Kier molecular flexibility index (Phi) is 8.82. The lowest BCUT2D eigenvalue weighted by Crippen LogP contribution is -2.27. The molecule has 0 radical (unpaired) electrons. The summed E-state index contributed by atoms with van der Waals surface area (Å²) in [6, 6.07) is 8.48. The van der Waals surface area contributed by atoms with Crippen molar-refractivity contribution in [3.63, 3.8) is 0 Å². The second-order valence-corrected chi connectivity index (χ2v) is 11.3. The van der Waals surface area contributed by atoms with E-state index in [1.54, 1.807) is 13.8 Å². The quantitative estimate of drug-likeness (QED) is 0.487. The van der Waals surface area contributed by atoms with Gasteiger partial charge in [-0.3, -0.25) is 0 Å². The lowest BCUT2D eigenvalue weighted by Gasteiger charge is -2.39. The lowest BCUT2D eigenvalue weighted by atomic mass is 9.66. The third-order valence-corrected chi connectivity index (χ3v) is 7.53. The number of allylic oxidation sites excluding steroid dienone is 3. The van der Waals surface area contributed by atoms with Gasteiger partial charge in [-0.25, -0.2) is 0 Å². The number of benzene rings is 1. The Morgan fingerprint density at radius 3 is 2.39 bits per heavy atom. The highest BCUT2D eigenvalue weighted by Crippen LogP contribution is 2.46. The van der Waals surface area contributed by atoms with E-state index in [0.717, 1.165) is 24.2 Å². The van der Waals surface area contributed by atoms with Gasteiger partial charge in [-0.2, -0.15) is 0 Å². The van der Waals surface area contributed by atoms with E-state index < -0.39 is 17.8 Å². The third-order valence-electron chi connectivity index (χ3n) is 7.53. The first-order valence-electron chi connectivity index (χ1n) is 12.7. The van der Waals surface area contributed by atoms with Crippen molar-refractivity contribution in [2.45, 2.75) is 96.9 Å². The predicted molar refractivity (Wildman–Crippen MR) is 134 cm³/mol. The van der Waals surface area contributed by atoms with E-state index in [1.165, 1.54) is 11.1 Å². The molecule has 2 aliphatic carbocycles. The van der Waals surface area contributed by atoms with Crippen LogP contribution >= 0.6 is 0 Å². The van der Waals surface area contributed by atoms with Gasteiger partial charge in [-0.1, -0.05) is 56.2 Å². The molecule has 2 fully saturated rings. The molecular formula is C29H44O4. The number of aliphatic hydroxyl groups is 3. The molecule has 1 aromatic carbocycles. The molecule has 2 saturated carbocycles. The standard InChI is InChI=1S/C29H44O4/c1-19(2)24-15-22(10-9-21-13-25(30)18-26(31)14-21)20(3)28(17-24)23-7-6-8-27(16-23)33-12-11-29(4,5)32/h6-10,16,19-20,24-26,28,30-32H,11-15,17-18H2,1-5H3/b22-10+/t20-,24-,25-,26-,28-/m1/s1. The molecule has 0 spiro atoms. The second-order valence-electron chi connectivity index (χ2n) is 11.3. The second kappa shape index (κ2) is 11.2. The first kappa shape index (κ1) is 26.0. The summed E-state index contributed by atoms with van der Waals surface area (Å²) in [5.74, 6) is 2.95.